The molecule has 0 saturated carbocycles. The van der Waals surface area contributed by atoms with Crippen molar-refractivity contribution < 1.29 is 14.3 Å². The number of ether oxygens (including phenoxy) is 1. The fourth-order valence-electron chi connectivity index (χ4n) is 5.61. The molecule has 3 N–H and O–H groups in total. The van der Waals surface area contributed by atoms with Gasteiger partial charge in [-0.15, -0.1) is 0 Å². The van der Waals surface area contributed by atoms with Crippen LogP contribution in [-0.2, 0) is 11.3 Å². The summed E-state index contributed by atoms with van der Waals surface area (Å²) in [6.45, 7) is 5.16. The summed E-state index contributed by atoms with van der Waals surface area (Å²) in [4.78, 5) is 40.6. The van der Waals surface area contributed by atoms with Gasteiger partial charge in [-0.2, -0.15) is 0 Å². The Labute approximate surface area is 254 Å². The molecule has 6 rings (SSSR count). The number of alkyl carbamates (subject to hydrolysis) is 1. The number of hydrogen-bond acceptors (Lipinski definition) is 6. The lowest BCUT2D eigenvalue weighted by Gasteiger charge is -2.26. The molecule has 10 heteroatoms. The van der Waals surface area contributed by atoms with Gasteiger partial charge in [0, 0.05) is 47.0 Å². The van der Waals surface area contributed by atoms with Gasteiger partial charge in [-0.25, -0.2) is 9.78 Å². The average molecular weight is 597 g/mol. The van der Waals surface area contributed by atoms with E-state index >= 15 is 0 Å². The van der Waals surface area contributed by atoms with E-state index in [9.17, 15) is 9.59 Å². The fourth-order valence-corrected chi connectivity index (χ4v) is 5.78. The minimum absolute atomic E-state index is 0.0594. The van der Waals surface area contributed by atoms with Crippen molar-refractivity contribution in [1.29, 1.82) is 0 Å². The molecule has 1 fully saturated rings. The Balaban J connectivity index is 1.14. The van der Waals surface area contributed by atoms with E-state index in [0.717, 1.165) is 57.4 Å². The van der Waals surface area contributed by atoms with E-state index in [-0.39, 0.29) is 24.6 Å². The number of imidazole rings is 1. The highest BCUT2D eigenvalue weighted by Crippen LogP contribution is 2.30. The highest BCUT2D eigenvalue weighted by Gasteiger charge is 2.31. The van der Waals surface area contributed by atoms with Crippen LogP contribution in [0.2, 0.25) is 5.02 Å². The number of aromatic nitrogens is 3. The van der Waals surface area contributed by atoms with E-state index in [2.05, 4.69) is 20.6 Å². The van der Waals surface area contributed by atoms with Crippen LogP contribution < -0.4 is 10.6 Å². The van der Waals surface area contributed by atoms with Crippen LogP contribution in [-0.4, -0.2) is 51.0 Å². The number of aromatic amines is 1. The van der Waals surface area contributed by atoms with Crippen LogP contribution in [0.1, 0.15) is 53.1 Å². The Bertz CT molecular complexity index is 1790. The monoisotopic (exact) mass is 596 g/mol. The first-order valence-electron chi connectivity index (χ1n) is 14.4. The maximum atomic E-state index is 13.8. The number of nitrogens with one attached hydrogen (secondary N) is 3. The third-order valence-corrected chi connectivity index (χ3v) is 8.13. The molecule has 2 atom stereocenters. The molecule has 3 heterocycles. The Morgan fingerprint density at radius 3 is 2.79 bits per heavy atom. The molecule has 0 spiro atoms. The van der Waals surface area contributed by atoms with Gasteiger partial charge in [0.15, 0.2) is 0 Å². The number of halogens is 1. The maximum absolute atomic E-state index is 13.8. The van der Waals surface area contributed by atoms with Crippen molar-refractivity contribution in [3.05, 3.63) is 100 Å². The first-order chi connectivity index (χ1) is 20.9. The number of pyridine rings is 1. The number of anilines is 1. The maximum Gasteiger partial charge on any atom is 0.407 e. The predicted molar refractivity (Wildman–Crippen MR) is 168 cm³/mol. The lowest BCUT2D eigenvalue weighted by molar-refractivity contribution is 0.0729. The van der Waals surface area contributed by atoms with Crippen LogP contribution in [0.3, 0.4) is 0 Å². The smallest absolute Gasteiger partial charge is 0.407 e. The second kappa shape index (κ2) is 12.3. The SMILES string of the molecule is Cc1cc2c(NC(C)c3nc4ccc(Cl)cc4[nH]3)ccnc2cc1C(=O)N1CCC[C@@H]1CNC(=O)OCc1ccccc1. The minimum atomic E-state index is -0.491. The second-order valence-electron chi connectivity index (χ2n) is 10.9. The van der Waals surface area contributed by atoms with Crippen LogP contribution in [0.5, 0.6) is 0 Å². The topological polar surface area (TPSA) is 112 Å². The standard InChI is InChI=1S/C33H33ClN6O3/c1-20-15-26-27(37-21(2)31-38-28-11-10-23(34)16-30(28)39-31)12-13-35-29(26)17-25(20)32(41)40-14-6-9-24(40)18-36-33(42)43-19-22-7-4-3-5-8-22/h3-5,7-8,10-13,15-17,21,24H,6,9,14,18-19H2,1-2H3,(H,35,37)(H,36,42)(H,38,39)/t21?,24-/m1/s1. The van der Waals surface area contributed by atoms with Crippen molar-refractivity contribution in [2.24, 2.45) is 0 Å². The van der Waals surface area contributed by atoms with Gasteiger partial charge < -0.3 is 25.3 Å². The summed E-state index contributed by atoms with van der Waals surface area (Å²) in [5.41, 5.74) is 5.75. The zero-order valence-electron chi connectivity index (χ0n) is 24.1. The number of amides is 2. The predicted octanol–water partition coefficient (Wildman–Crippen LogP) is 6.78. The van der Waals surface area contributed by atoms with E-state index < -0.39 is 6.09 Å². The van der Waals surface area contributed by atoms with Crippen molar-refractivity contribution in [3.8, 4) is 0 Å². The van der Waals surface area contributed by atoms with Gasteiger partial charge in [-0.3, -0.25) is 9.78 Å². The van der Waals surface area contributed by atoms with Crippen molar-refractivity contribution in [2.75, 3.05) is 18.4 Å². The van der Waals surface area contributed by atoms with Crippen LogP contribution in [0.15, 0.2) is 72.9 Å². The lowest BCUT2D eigenvalue weighted by Crippen LogP contribution is -2.43. The molecule has 2 aromatic heterocycles. The number of carbonyl (C=O) groups is 2. The molecule has 220 valence electrons. The van der Waals surface area contributed by atoms with Crippen LogP contribution in [0.25, 0.3) is 21.9 Å². The highest BCUT2D eigenvalue weighted by atomic mass is 35.5. The van der Waals surface area contributed by atoms with Crippen LogP contribution >= 0.6 is 11.6 Å². The number of aryl methyl sites for hydroxylation is 1. The zero-order valence-corrected chi connectivity index (χ0v) is 24.8. The number of fused-ring (bicyclic) bond motifs is 2. The number of hydrogen-bond donors (Lipinski definition) is 3. The van der Waals surface area contributed by atoms with E-state index in [1.54, 1.807) is 6.20 Å². The Hall–Kier alpha value is -4.63. The third-order valence-electron chi connectivity index (χ3n) is 7.90. The molecule has 0 bridgehead atoms. The molecule has 43 heavy (non-hydrogen) atoms. The van der Waals surface area contributed by atoms with Crippen molar-refractivity contribution in [3.63, 3.8) is 0 Å². The molecule has 1 saturated heterocycles. The molecule has 5 aromatic rings. The quantitative estimate of drug-likeness (QED) is 0.182. The summed E-state index contributed by atoms with van der Waals surface area (Å²) < 4.78 is 5.34. The molecule has 1 aliphatic rings. The number of likely N-dealkylation sites (tertiary alicyclic amines) is 1. The normalized spacial score (nSPS) is 15.5. The van der Waals surface area contributed by atoms with Gasteiger partial charge in [0.25, 0.3) is 5.91 Å². The Morgan fingerprint density at radius 1 is 1.12 bits per heavy atom. The summed E-state index contributed by atoms with van der Waals surface area (Å²) in [6.07, 6.45) is 2.94. The molecule has 1 unspecified atom stereocenters. The zero-order chi connectivity index (χ0) is 29.9. The van der Waals surface area contributed by atoms with E-state index in [0.29, 0.717) is 23.7 Å². The van der Waals surface area contributed by atoms with E-state index in [1.807, 2.05) is 85.5 Å². The van der Waals surface area contributed by atoms with E-state index in [1.165, 1.54) is 0 Å². The largest absolute Gasteiger partial charge is 0.445 e. The molecule has 0 aliphatic carbocycles. The van der Waals surface area contributed by atoms with Gasteiger partial charge in [-0.05, 0) is 74.2 Å². The average Bonchev–Trinajstić information content (AvgIpc) is 3.66. The summed E-state index contributed by atoms with van der Waals surface area (Å²) in [7, 11) is 0. The van der Waals surface area contributed by atoms with Gasteiger partial charge >= 0.3 is 6.09 Å². The van der Waals surface area contributed by atoms with Crippen LogP contribution in [0.4, 0.5) is 10.5 Å². The fraction of sp³-hybridized carbons (Fsp3) is 0.273. The van der Waals surface area contributed by atoms with Crippen molar-refractivity contribution in [2.45, 2.75) is 45.4 Å². The molecule has 0 radical (unpaired) electrons. The van der Waals surface area contributed by atoms with Crippen molar-refractivity contribution >= 4 is 51.2 Å². The number of carbonyl (C=O) groups excluding carboxylic acids is 2. The Kier molecular flexibility index (Phi) is 8.16. The summed E-state index contributed by atoms with van der Waals surface area (Å²) in [5.74, 6) is 0.735. The molecule has 1 aliphatic heterocycles. The van der Waals surface area contributed by atoms with Gasteiger partial charge in [0.2, 0.25) is 0 Å². The molecule has 3 aromatic carbocycles. The summed E-state index contributed by atoms with van der Waals surface area (Å²) in [5, 5.41) is 7.96. The number of H-pyrrole nitrogens is 1. The first-order valence-corrected chi connectivity index (χ1v) is 14.8. The summed E-state index contributed by atoms with van der Waals surface area (Å²) >= 11 is 6.14. The lowest BCUT2D eigenvalue weighted by atomic mass is 10.0. The Morgan fingerprint density at radius 2 is 1.95 bits per heavy atom. The number of rotatable bonds is 8. The summed E-state index contributed by atoms with van der Waals surface area (Å²) in [6, 6.07) is 20.7. The van der Waals surface area contributed by atoms with Gasteiger partial charge in [0.05, 0.1) is 22.6 Å². The van der Waals surface area contributed by atoms with Gasteiger partial charge in [0.1, 0.15) is 12.4 Å². The first kappa shape index (κ1) is 28.5. The molecule has 2 amide bonds. The third kappa shape index (κ3) is 6.27. The van der Waals surface area contributed by atoms with E-state index in [4.69, 9.17) is 21.3 Å². The molecule has 9 nitrogen and oxygen atoms in total. The second-order valence-corrected chi connectivity index (χ2v) is 11.4. The van der Waals surface area contributed by atoms with Crippen LogP contribution in [0, 0.1) is 6.92 Å². The molecular weight excluding hydrogens is 564 g/mol. The van der Waals surface area contributed by atoms with Crippen molar-refractivity contribution in [1.82, 2.24) is 25.2 Å². The van der Waals surface area contributed by atoms with Gasteiger partial charge in [-0.1, -0.05) is 41.9 Å². The number of benzene rings is 3. The molecular formula is C33H33ClN6O3. The number of nitrogens with zero attached hydrogens (tertiary/aromatic N) is 3. The highest BCUT2D eigenvalue weighted by molar-refractivity contribution is 6.31. The minimum Gasteiger partial charge on any atom is -0.445 e.